The van der Waals surface area contributed by atoms with Gasteiger partial charge in [-0.15, -0.1) is 0 Å². The summed E-state index contributed by atoms with van der Waals surface area (Å²) >= 11 is 0. The molecule has 280 valence electrons. The van der Waals surface area contributed by atoms with Gasteiger partial charge >= 0.3 is 0 Å². The van der Waals surface area contributed by atoms with Crippen LogP contribution in [0.2, 0.25) is 0 Å². The van der Waals surface area contributed by atoms with Crippen molar-refractivity contribution in [1.29, 1.82) is 0 Å². The molecular weight excluding hydrogens is 733 g/mol. The summed E-state index contributed by atoms with van der Waals surface area (Å²) < 4.78 is 13.3. The van der Waals surface area contributed by atoms with E-state index in [-0.39, 0.29) is 0 Å². The number of furan rings is 2. The van der Waals surface area contributed by atoms with E-state index in [4.69, 9.17) is 18.8 Å². The fourth-order valence-corrected chi connectivity index (χ4v) is 9.02. The molecule has 0 bridgehead atoms. The van der Waals surface area contributed by atoms with Gasteiger partial charge in [0.05, 0.1) is 11.4 Å². The average molecular weight is 767 g/mol. The van der Waals surface area contributed by atoms with E-state index in [1.54, 1.807) is 0 Å². The molecule has 3 aromatic heterocycles. The van der Waals surface area contributed by atoms with Crippen LogP contribution in [-0.2, 0) is 0 Å². The van der Waals surface area contributed by atoms with Crippen LogP contribution in [0.4, 0.5) is 0 Å². The minimum atomic E-state index is 0.600. The number of rotatable bonds is 6. The van der Waals surface area contributed by atoms with E-state index in [0.29, 0.717) is 5.82 Å². The van der Waals surface area contributed by atoms with Crippen molar-refractivity contribution in [1.82, 2.24) is 9.97 Å². The summed E-state index contributed by atoms with van der Waals surface area (Å²) in [4.78, 5) is 11.1. The Bertz CT molecular complexity index is 3460. The van der Waals surface area contributed by atoms with Crippen LogP contribution in [0.5, 0.6) is 0 Å². The second kappa shape index (κ2) is 13.8. The molecule has 0 saturated carbocycles. The first-order chi connectivity index (χ1) is 29.8. The number of hydrogen-bond acceptors (Lipinski definition) is 4. The molecule has 60 heavy (non-hydrogen) atoms. The Morgan fingerprint density at radius 1 is 0.300 bits per heavy atom. The Balaban J connectivity index is 1.22. The summed E-state index contributed by atoms with van der Waals surface area (Å²) in [7, 11) is 0. The van der Waals surface area contributed by atoms with Gasteiger partial charge < -0.3 is 8.83 Å². The molecule has 12 aromatic rings. The monoisotopic (exact) mass is 766 g/mol. The zero-order valence-corrected chi connectivity index (χ0v) is 32.3. The van der Waals surface area contributed by atoms with Crippen LogP contribution < -0.4 is 0 Å². The van der Waals surface area contributed by atoms with Crippen molar-refractivity contribution >= 4 is 54.6 Å². The number of benzene rings is 9. The molecule has 0 aliphatic rings. The molecular formula is C56H34N2O2. The minimum Gasteiger partial charge on any atom is -0.455 e. The fourth-order valence-electron chi connectivity index (χ4n) is 9.02. The molecule has 0 atom stereocenters. The van der Waals surface area contributed by atoms with Crippen molar-refractivity contribution in [3.8, 4) is 67.3 Å². The Kier molecular flexibility index (Phi) is 7.82. The predicted molar refractivity (Wildman–Crippen MR) is 247 cm³/mol. The van der Waals surface area contributed by atoms with Crippen molar-refractivity contribution in [2.24, 2.45) is 0 Å². The second-order valence-electron chi connectivity index (χ2n) is 15.2. The summed E-state index contributed by atoms with van der Waals surface area (Å²) in [5, 5.41) is 6.53. The van der Waals surface area contributed by atoms with Gasteiger partial charge in [-0.2, -0.15) is 0 Å². The highest BCUT2D eigenvalue weighted by molar-refractivity contribution is 6.12. The van der Waals surface area contributed by atoms with Gasteiger partial charge in [-0.25, -0.2) is 9.97 Å². The van der Waals surface area contributed by atoms with Crippen molar-refractivity contribution in [2.75, 3.05) is 0 Å². The lowest BCUT2D eigenvalue weighted by atomic mass is 9.83. The number of para-hydroxylation sites is 4. The van der Waals surface area contributed by atoms with Crippen molar-refractivity contribution in [2.45, 2.75) is 0 Å². The van der Waals surface area contributed by atoms with Crippen LogP contribution in [0, 0.1) is 0 Å². The standard InChI is InChI=1S/C56H34N2O2/c1-3-16-36(17-4-1)39-32-33-47(53(52(39)37-19-5-2-6-20-37)42-25-13-21-35-18-7-8-22-38(35)42)56-57-48(45-28-14-26-43-40-23-9-11-30-50(40)59-54(43)45)34-49(58-56)46-29-15-27-44-41-24-10-12-31-51(41)60-55(44)46/h1-34H. The van der Waals surface area contributed by atoms with Crippen LogP contribution in [0.25, 0.3) is 122 Å². The number of fused-ring (bicyclic) bond motifs is 7. The van der Waals surface area contributed by atoms with Crippen molar-refractivity contribution < 1.29 is 8.83 Å². The molecule has 0 aliphatic heterocycles. The molecule has 0 unspecified atom stereocenters. The maximum Gasteiger partial charge on any atom is 0.161 e. The molecule has 0 saturated heterocycles. The maximum atomic E-state index is 6.64. The Morgan fingerprint density at radius 2 is 0.767 bits per heavy atom. The van der Waals surface area contributed by atoms with Gasteiger partial charge in [-0.05, 0) is 75.0 Å². The van der Waals surface area contributed by atoms with Gasteiger partial charge in [0.25, 0.3) is 0 Å². The molecule has 0 radical (unpaired) electrons. The lowest BCUT2D eigenvalue weighted by molar-refractivity contribution is 0.669. The third kappa shape index (κ3) is 5.46. The van der Waals surface area contributed by atoms with Gasteiger partial charge in [-0.1, -0.05) is 170 Å². The zero-order valence-electron chi connectivity index (χ0n) is 32.3. The highest BCUT2D eigenvalue weighted by atomic mass is 16.3. The lowest BCUT2D eigenvalue weighted by Gasteiger charge is -2.21. The highest BCUT2D eigenvalue weighted by Gasteiger charge is 2.25. The fraction of sp³-hybridized carbons (Fsp3) is 0. The molecule has 0 aliphatic carbocycles. The SMILES string of the molecule is c1ccc(-c2ccc(-c3nc(-c4cccc5c4oc4ccccc45)cc(-c4cccc5c4oc4ccccc45)n3)c(-c3cccc4ccccc34)c2-c2ccccc2)cc1. The third-order valence-corrected chi connectivity index (χ3v) is 11.7. The van der Waals surface area contributed by atoms with E-state index in [1.807, 2.05) is 24.3 Å². The summed E-state index contributed by atoms with van der Waals surface area (Å²) in [6, 6.07) is 72.1. The van der Waals surface area contributed by atoms with E-state index < -0.39 is 0 Å². The van der Waals surface area contributed by atoms with Crippen LogP contribution in [0.3, 0.4) is 0 Å². The van der Waals surface area contributed by atoms with Crippen molar-refractivity contribution in [3.63, 3.8) is 0 Å². The van der Waals surface area contributed by atoms with E-state index in [0.717, 1.165) is 116 Å². The van der Waals surface area contributed by atoms with Gasteiger partial charge in [0, 0.05) is 43.8 Å². The van der Waals surface area contributed by atoms with Crippen LogP contribution in [0.15, 0.2) is 215 Å². The van der Waals surface area contributed by atoms with Crippen LogP contribution in [0.1, 0.15) is 0 Å². The Morgan fingerprint density at radius 3 is 1.40 bits per heavy atom. The van der Waals surface area contributed by atoms with E-state index in [9.17, 15) is 0 Å². The Labute approximate surface area is 345 Å². The molecule has 4 nitrogen and oxygen atoms in total. The summed E-state index contributed by atoms with van der Waals surface area (Å²) in [5.41, 5.74) is 14.1. The zero-order chi connectivity index (χ0) is 39.6. The summed E-state index contributed by atoms with van der Waals surface area (Å²) in [6.45, 7) is 0. The normalized spacial score (nSPS) is 11.7. The number of nitrogens with zero attached hydrogens (tertiary/aromatic N) is 2. The minimum absolute atomic E-state index is 0.600. The molecule has 0 N–H and O–H groups in total. The van der Waals surface area contributed by atoms with Gasteiger partial charge in [0.1, 0.15) is 22.3 Å². The largest absolute Gasteiger partial charge is 0.455 e. The molecule has 4 heteroatoms. The van der Waals surface area contributed by atoms with E-state index in [1.165, 1.54) is 0 Å². The lowest BCUT2D eigenvalue weighted by Crippen LogP contribution is -2.00. The molecule has 9 aromatic carbocycles. The smallest absolute Gasteiger partial charge is 0.161 e. The molecule has 3 heterocycles. The predicted octanol–water partition coefficient (Wildman–Crippen LogP) is 15.4. The molecule has 12 rings (SSSR count). The highest BCUT2D eigenvalue weighted by Crippen LogP contribution is 2.48. The molecule has 0 spiro atoms. The molecule has 0 amide bonds. The first-order valence-electron chi connectivity index (χ1n) is 20.2. The Hall–Kier alpha value is -8.08. The maximum absolute atomic E-state index is 6.64. The second-order valence-corrected chi connectivity index (χ2v) is 15.2. The number of aromatic nitrogens is 2. The third-order valence-electron chi connectivity index (χ3n) is 11.7. The van der Waals surface area contributed by atoms with Gasteiger partial charge in [0.2, 0.25) is 0 Å². The summed E-state index contributed by atoms with van der Waals surface area (Å²) in [6.07, 6.45) is 0. The van der Waals surface area contributed by atoms with Gasteiger partial charge in [0.15, 0.2) is 5.82 Å². The van der Waals surface area contributed by atoms with Crippen molar-refractivity contribution in [3.05, 3.63) is 206 Å². The average Bonchev–Trinajstić information content (AvgIpc) is 3.90. The van der Waals surface area contributed by atoms with Crippen LogP contribution >= 0.6 is 0 Å². The summed E-state index contributed by atoms with van der Waals surface area (Å²) in [5.74, 6) is 0.600. The quantitative estimate of drug-likeness (QED) is 0.169. The number of hydrogen-bond donors (Lipinski definition) is 0. The van der Waals surface area contributed by atoms with Gasteiger partial charge in [-0.3, -0.25) is 0 Å². The van der Waals surface area contributed by atoms with E-state index in [2.05, 4.69) is 182 Å². The topological polar surface area (TPSA) is 52.1 Å². The van der Waals surface area contributed by atoms with E-state index >= 15 is 0 Å². The molecule has 0 fully saturated rings. The van der Waals surface area contributed by atoms with Crippen LogP contribution in [-0.4, -0.2) is 9.97 Å². The first kappa shape index (κ1) is 34.0. The first-order valence-corrected chi connectivity index (χ1v) is 20.2.